The van der Waals surface area contributed by atoms with Gasteiger partial charge in [-0.2, -0.15) is 0 Å². The summed E-state index contributed by atoms with van der Waals surface area (Å²) in [6.45, 7) is 7.84. The SMILES string of the molecule is CCN1CCN(C(=O)c2cc(S(=O)(=O)Nc3ccc(OC)cc3)ccc2C)CC1. The molecule has 8 heteroatoms. The number of anilines is 1. The van der Waals surface area contributed by atoms with Crippen LogP contribution in [0.5, 0.6) is 5.75 Å². The zero-order valence-electron chi connectivity index (χ0n) is 17.0. The van der Waals surface area contributed by atoms with E-state index in [9.17, 15) is 13.2 Å². The van der Waals surface area contributed by atoms with E-state index >= 15 is 0 Å². The Kier molecular flexibility index (Phi) is 6.44. The van der Waals surface area contributed by atoms with E-state index in [1.54, 1.807) is 42.3 Å². The zero-order chi connectivity index (χ0) is 21.0. The van der Waals surface area contributed by atoms with Crippen molar-refractivity contribution in [2.45, 2.75) is 18.7 Å². The van der Waals surface area contributed by atoms with Crippen LogP contribution in [0.25, 0.3) is 0 Å². The smallest absolute Gasteiger partial charge is 0.261 e. The molecular formula is C21H27N3O4S. The molecule has 1 aliphatic rings. The third-order valence-electron chi connectivity index (χ3n) is 5.20. The van der Waals surface area contributed by atoms with E-state index < -0.39 is 10.0 Å². The van der Waals surface area contributed by atoms with Gasteiger partial charge in [0.05, 0.1) is 12.0 Å². The second kappa shape index (κ2) is 8.84. The number of nitrogens with one attached hydrogen (secondary N) is 1. The second-order valence-corrected chi connectivity index (χ2v) is 8.72. The highest BCUT2D eigenvalue weighted by molar-refractivity contribution is 7.92. The number of methoxy groups -OCH3 is 1. The summed E-state index contributed by atoms with van der Waals surface area (Å²) in [7, 11) is -2.27. The molecule has 1 fully saturated rings. The number of aryl methyl sites for hydroxylation is 1. The van der Waals surface area contributed by atoms with Crippen molar-refractivity contribution in [1.82, 2.24) is 9.80 Å². The summed E-state index contributed by atoms with van der Waals surface area (Å²) in [5.74, 6) is 0.513. The fraction of sp³-hybridized carbons (Fsp3) is 0.381. The lowest BCUT2D eigenvalue weighted by Gasteiger charge is -2.34. The fourth-order valence-corrected chi connectivity index (χ4v) is 4.39. The van der Waals surface area contributed by atoms with Gasteiger partial charge in [-0.05, 0) is 55.4 Å². The van der Waals surface area contributed by atoms with Crippen LogP contribution >= 0.6 is 0 Å². The molecule has 1 amide bonds. The van der Waals surface area contributed by atoms with Gasteiger partial charge in [-0.15, -0.1) is 0 Å². The number of likely N-dealkylation sites (N-methyl/N-ethyl adjacent to an activating group) is 1. The standard InChI is InChI=1S/C21H27N3O4S/c1-4-23-11-13-24(14-12-23)21(25)20-15-19(10-5-16(20)2)29(26,27)22-17-6-8-18(28-3)9-7-17/h5-10,15,22H,4,11-14H2,1-3H3. The average molecular weight is 418 g/mol. The molecule has 0 saturated carbocycles. The third-order valence-corrected chi connectivity index (χ3v) is 6.58. The Morgan fingerprint density at radius 3 is 2.31 bits per heavy atom. The fourth-order valence-electron chi connectivity index (χ4n) is 3.31. The summed E-state index contributed by atoms with van der Waals surface area (Å²) in [6.07, 6.45) is 0. The van der Waals surface area contributed by atoms with Gasteiger partial charge in [0.15, 0.2) is 0 Å². The van der Waals surface area contributed by atoms with E-state index in [0.29, 0.717) is 30.1 Å². The summed E-state index contributed by atoms with van der Waals surface area (Å²) >= 11 is 0. The van der Waals surface area contributed by atoms with Gasteiger partial charge >= 0.3 is 0 Å². The number of sulfonamides is 1. The Labute approximate surface area is 172 Å². The van der Waals surface area contributed by atoms with Gasteiger partial charge in [0.2, 0.25) is 0 Å². The maximum atomic E-state index is 13.0. The molecule has 3 rings (SSSR count). The molecule has 0 spiro atoms. The van der Waals surface area contributed by atoms with Crippen LogP contribution in [-0.2, 0) is 10.0 Å². The predicted octanol–water partition coefficient (Wildman–Crippen LogP) is 2.58. The Morgan fingerprint density at radius 1 is 1.07 bits per heavy atom. The van der Waals surface area contributed by atoms with Gasteiger partial charge < -0.3 is 14.5 Å². The van der Waals surface area contributed by atoms with Crippen LogP contribution in [0.15, 0.2) is 47.4 Å². The van der Waals surface area contributed by atoms with Crippen molar-refractivity contribution in [2.75, 3.05) is 44.6 Å². The van der Waals surface area contributed by atoms with E-state index in [2.05, 4.69) is 16.5 Å². The lowest BCUT2D eigenvalue weighted by atomic mass is 10.1. The minimum absolute atomic E-state index is 0.0643. The van der Waals surface area contributed by atoms with Crippen LogP contribution in [0.1, 0.15) is 22.8 Å². The van der Waals surface area contributed by atoms with Crippen molar-refractivity contribution in [3.63, 3.8) is 0 Å². The van der Waals surface area contributed by atoms with Gasteiger partial charge in [-0.1, -0.05) is 13.0 Å². The molecule has 29 heavy (non-hydrogen) atoms. The van der Waals surface area contributed by atoms with Crippen molar-refractivity contribution in [3.8, 4) is 5.75 Å². The van der Waals surface area contributed by atoms with Gasteiger partial charge in [-0.3, -0.25) is 9.52 Å². The molecule has 1 aliphatic heterocycles. The topological polar surface area (TPSA) is 79.0 Å². The Balaban J connectivity index is 1.80. The number of hydrogen-bond acceptors (Lipinski definition) is 5. The monoisotopic (exact) mass is 417 g/mol. The number of benzene rings is 2. The first kappa shape index (κ1) is 21.1. The Hall–Kier alpha value is -2.58. The lowest BCUT2D eigenvalue weighted by molar-refractivity contribution is 0.0642. The van der Waals surface area contributed by atoms with Crippen molar-refractivity contribution in [2.24, 2.45) is 0 Å². The van der Waals surface area contributed by atoms with E-state index in [1.807, 2.05) is 6.92 Å². The molecule has 2 aromatic rings. The van der Waals surface area contributed by atoms with Crippen LogP contribution in [0.3, 0.4) is 0 Å². The number of amides is 1. The largest absolute Gasteiger partial charge is 0.497 e. The maximum absolute atomic E-state index is 13.0. The second-order valence-electron chi connectivity index (χ2n) is 7.04. The summed E-state index contributed by atoms with van der Waals surface area (Å²) in [6, 6.07) is 11.3. The summed E-state index contributed by atoms with van der Waals surface area (Å²) in [4.78, 5) is 17.1. The molecule has 0 aromatic heterocycles. The Morgan fingerprint density at radius 2 is 1.72 bits per heavy atom. The summed E-state index contributed by atoms with van der Waals surface area (Å²) < 4.78 is 33.3. The third kappa shape index (κ3) is 4.89. The molecule has 0 bridgehead atoms. The zero-order valence-corrected chi connectivity index (χ0v) is 17.8. The number of nitrogens with zero attached hydrogens (tertiary/aromatic N) is 2. The average Bonchev–Trinajstić information content (AvgIpc) is 2.74. The van der Waals surface area contributed by atoms with Crippen molar-refractivity contribution in [1.29, 1.82) is 0 Å². The van der Waals surface area contributed by atoms with E-state index in [1.165, 1.54) is 12.1 Å². The highest BCUT2D eigenvalue weighted by Gasteiger charge is 2.24. The van der Waals surface area contributed by atoms with E-state index in [0.717, 1.165) is 25.2 Å². The molecule has 2 aromatic carbocycles. The van der Waals surface area contributed by atoms with Gasteiger partial charge in [0.1, 0.15) is 5.75 Å². The molecule has 0 aliphatic carbocycles. The van der Waals surface area contributed by atoms with E-state index in [4.69, 9.17) is 4.74 Å². The number of carbonyl (C=O) groups excluding carboxylic acids is 1. The van der Waals surface area contributed by atoms with Crippen LogP contribution in [0.2, 0.25) is 0 Å². The molecule has 0 unspecified atom stereocenters. The van der Waals surface area contributed by atoms with Crippen molar-refractivity contribution in [3.05, 3.63) is 53.6 Å². The molecule has 156 valence electrons. The number of piperazine rings is 1. The highest BCUT2D eigenvalue weighted by Crippen LogP contribution is 2.22. The van der Waals surface area contributed by atoms with Crippen molar-refractivity contribution < 1.29 is 17.9 Å². The summed E-state index contributed by atoms with van der Waals surface area (Å²) in [5.41, 5.74) is 1.61. The first-order valence-electron chi connectivity index (χ1n) is 9.63. The number of rotatable bonds is 6. The van der Waals surface area contributed by atoms with Crippen LogP contribution < -0.4 is 9.46 Å². The van der Waals surface area contributed by atoms with Gasteiger partial charge in [0.25, 0.3) is 15.9 Å². The predicted molar refractivity (Wildman–Crippen MR) is 113 cm³/mol. The van der Waals surface area contributed by atoms with Gasteiger partial charge in [-0.25, -0.2) is 8.42 Å². The van der Waals surface area contributed by atoms with E-state index in [-0.39, 0.29) is 10.8 Å². The molecule has 7 nitrogen and oxygen atoms in total. The molecular weight excluding hydrogens is 390 g/mol. The lowest BCUT2D eigenvalue weighted by Crippen LogP contribution is -2.48. The number of ether oxygens (including phenoxy) is 1. The highest BCUT2D eigenvalue weighted by atomic mass is 32.2. The molecule has 0 radical (unpaired) electrons. The van der Waals surface area contributed by atoms with Crippen LogP contribution in [0.4, 0.5) is 5.69 Å². The van der Waals surface area contributed by atoms with Crippen molar-refractivity contribution >= 4 is 21.6 Å². The summed E-state index contributed by atoms with van der Waals surface area (Å²) in [5, 5.41) is 0. The first-order valence-corrected chi connectivity index (χ1v) is 11.1. The van der Waals surface area contributed by atoms with Crippen LogP contribution in [-0.4, -0.2) is 64.0 Å². The minimum atomic E-state index is -3.82. The maximum Gasteiger partial charge on any atom is 0.261 e. The molecule has 0 atom stereocenters. The molecule has 1 heterocycles. The first-order chi connectivity index (χ1) is 13.8. The van der Waals surface area contributed by atoms with Gasteiger partial charge in [0, 0.05) is 37.4 Å². The Bertz CT molecular complexity index is 966. The van der Waals surface area contributed by atoms with Crippen LogP contribution in [0, 0.1) is 6.92 Å². The molecule has 1 N–H and O–H groups in total. The minimum Gasteiger partial charge on any atom is -0.497 e. The number of carbonyl (C=O) groups is 1. The normalized spacial score (nSPS) is 15.2. The molecule has 1 saturated heterocycles. The number of hydrogen-bond donors (Lipinski definition) is 1. The quantitative estimate of drug-likeness (QED) is 0.782.